The summed E-state index contributed by atoms with van der Waals surface area (Å²) < 4.78 is 14.5. The van der Waals surface area contributed by atoms with E-state index in [9.17, 15) is 4.39 Å². The molecular weight excluding hydrogens is 431 g/mol. The minimum Gasteiger partial charge on any atom is -0.309 e. The Labute approximate surface area is 197 Å². The van der Waals surface area contributed by atoms with Gasteiger partial charge in [-0.2, -0.15) is 0 Å². The number of fused-ring (bicyclic) bond motifs is 1. The highest BCUT2D eigenvalue weighted by Crippen LogP contribution is 2.25. The molecule has 0 bridgehead atoms. The number of aromatic nitrogens is 5. The van der Waals surface area contributed by atoms with Gasteiger partial charge in [-0.1, -0.05) is 12.1 Å². The van der Waals surface area contributed by atoms with Gasteiger partial charge in [0, 0.05) is 62.9 Å². The minimum absolute atomic E-state index is 0.196. The number of nitrogens with zero attached hydrogens (tertiary/aromatic N) is 7. The van der Waals surface area contributed by atoms with E-state index in [0.717, 1.165) is 50.0 Å². The van der Waals surface area contributed by atoms with Crippen molar-refractivity contribution in [3.05, 3.63) is 66.5 Å². The van der Waals surface area contributed by atoms with Crippen molar-refractivity contribution in [1.82, 2.24) is 34.7 Å². The largest absolute Gasteiger partial charge is 0.309 e. The number of benzene rings is 1. The molecule has 3 aromatic heterocycles. The van der Waals surface area contributed by atoms with Crippen LogP contribution in [0.15, 0.2) is 55.1 Å². The van der Waals surface area contributed by atoms with Gasteiger partial charge in [0.1, 0.15) is 11.5 Å². The first-order valence-corrected chi connectivity index (χ1v) is 11.5. The van der Waals surface area contributed by atoms with Crippen LogP contribution in [0.4, 0.5) is 16.2 Å². The Bertz CT molecular complexity index is 1270. The molecule has 0 saturated carbocycles. The van der Waals surface area contributed by atoms with Crippen molar-refractivity contribution >= 4 is 22.8 Å². The Morgan fingerprint density at radius 1 is 0.912 bits per heavy atom. The monoisotopic (exact) mass is 458 g/mol. The lowest BCUT2D eigenvalue weighted by Gasteiger charge is -2.36. The highest BCUT2D eigenvalue weighted by molar-refractivity contribution is 5.80. The maximum atomic E-state index is 14.5. The molecule has 34 heavy (non-hydrogen) atoms. The average molecular weight is 459 g/mol. The zero-order chi connectivity index (χ0) is 23.5. The number of hydrogen-bond donors (Lipinski definition) is 1. The first-order chi connectivity index (χ1) is 16.5. The number of pyridine rings is 1. The van der Waals surface area contributed by atoms with Gasteiger partial charge < -0.3 is 5.32 Å². The van der Waals surface area contributed by atoms with Gasteiger partial charge in [-0.15, -0.1) is 0 Å². The van der Waals surface area contributed by atoms with Gasteiger partial charge in [-0.3, -0.25) is 19.8 Å². The Morgan fingerprint density at radius 2 is 1.71 bits per heavy atom. The topological polar surface area (TPSA) is 83.0 Å². The molecule has 0 spiro atoms. The van der Waals surface area contributed by atoms with Gasteiger partial charge in [0.15, 0.2) is 5.82 Å². The lowest BCUT2D eigenvalue weighted by atomic mass is 10.1. The smallest absolute Gasteiger partial charge is 0.229 e. The van der Waals surface area contributed by atoms with Crippen molar-refractivity contribution in [1.29, 1.82) is 0 Å². The van der Waals surface area contributed by atoms with Crippen LogP contribution in [0.5, 0.6) is 0 Å². The van der Waals surface area contributed by atoms with Gasteiger partial charge in [-0.05, 0) is 37.6 Å². The molecule has 0 radical (unpaired) electrons. The molecule has 174 valence electrons. The van der Waals surface area contributed by atoms with Crippen LogP contribution in [0.2, 0.25) is 0 Å². The fourth-order valence-corrected chi connectivity index (χ4v) is 4.14. The molecule has 1 saturated heterocycles. The second kappa shape index (κ2) is 9.74. The molecule has 1 aromatic carbocycles. The number of halogens is 1. The first-order valence-electron chi connectivity index (χ1n) is 11.5. The fraction of sp³-hybridized carbons (Fsp3) is 0.320. The van der Waals surface area contributed by atoms with Gasteiger partial charge >= 0.3 is 0 Å². The summed E-state index contributed by atoms with van der Waals surface area (Å²) in [5.74, 6) is 0.380. The third-order valence-electron chi connectivity index (χ3n) is 6.09. The van der Waals surface area contributed by atoms with Crippen molar-refractivity contribution in [2.75, 3.05) is 31.5 Å². The Morgan fingerprint density at radius 3 is 2.44 bits per heavy atom. The van der Waals surface area contributed by atoms with Crippen LogP contribution in [0.25, 0.3) is 22.3 Å². The van der Waals surface area contributed by atoms with Crippen LogP contribution in [-0.2, 0) is 6.54 Å². The third kappa shape index (κ3) is 5.00. The molecule has 4 heterocycles. The van der Waals surface area contributed by atoms with Crippen LogP contribution >= 0.6 is 0 Å². The highest BCUT2D eigenvalue weighted by atomic mass is 19.1. The van der Waals surface area contributed by atoms with Gasteiger partial charge in [-0.25, -0.2) is 19.3 Å². The lowest BCUT2D eigenvalue weighted by Crippen LogP contribution is -2.48. The molecule has 4 aromatic rings. The molecule has 0 amide bonds. The van der Waals surface area contributed by atoms with Crippen molar-refractivity contribution in [2.45, 2.75) is 26.4 Å². The summed E-state index contributed by atoms with van der Waals surface area (Å²) in [4.78, 5) is 26.5. The summed E-state index contributed by atoms with van der Waals surface area (Å²) >= 11 is 0. The standard InChI is InChI=1S/C25H27FN8/c1-17(2)34-11-9-33(10-12-34)16-18-3-6-23(29-14-18)31-25-30-15-20(26)24(32-25)19-4-5-21-22(13-19)28-8-7-27-21/h3-8,13-15,17H,9-12,16H2,1-2H3,(H,29,30,31,32). The number of piperazine rings is 1. The number of anilines is 2. The Hall–Kier alpha value is -3.56. The second-order valence-corrected chi connectivity index (χ2v) is 8.73. The zero-order valence-corrected chi connectivity index (χ0v) is 19.3. The van der Waals surface area contributed by atoms with E-state index in [1.54, 1.807) is 30.6 Å². The molecule has 0 aliphatic carbocycles. The van der Waals surface area contributed by atoms with Crippen molar-refractivity contribution in [3.8, 4) is 11.3 Å². The average Bonchev–Trinajstić information content (AvgIpc) is 2.86. The van der Waals surface area contributed by atoms with E-state index in [1.165, 1.54) is 0 Å². The summed E-state index contributed by atoms with van der Waals surface area (Å²) in [6, 6.07) is 9.90. The summed E-state index contributed by atoms with van der Waals surface area (Å²) in [5.41, 5.74) is 3.38. The number of nitrogens with one attached hydrogen (secondary N) is 1. The Balaban J connectivity index is 1.26. The predicted octanol–water partition coefficient (Wildman–Crippen LogP) is 3.89. The van der Waals surface area contributed by atoms with Crippen LogP contribution in [0.3, 0.4) is 0 Å². The molecule has 1 N–H and O–H groups in total. The predicted molar refractivity (Wildman–Crippen MR) is 130 cm³/mol. The van der Waals surface area contributed by atoms with E-state index >= 15 is 0 Å². The van der Waals surface area contributed by atoms with Crippen LogP contribution in [0, 0.1) is 5.82 Å². The molecule has 5 rings (SSSR count). The molecule has 1 aliphatic heterocycles. The van der Waals surface area contributed by atoms with Crippen LogP contribution < -0.4 is 5.32 Å². The van der Waals surface area contributed by atoms with E-state index in [4.69, 9.17) is 0 Å². The third-order valence-corrected chi connectivity index (χ3v) is 6.09. The summed E-state index contributed by atoms with van der Waals surface area (Å²) in [6.07, 6.45) is 6.26. The van der Waals surface area contributed by atoms with E-state index in [1.807, 2.05) is 12.3 Å². The summed E-state index contributed by atoms with van der Waals surface area (Å²) in [6.45, 7) is 9.68. The fourth-order valence-electron chi connectivity index (χ4n) is 4.14. The van der Waals surface area contributed by atoms with Gasteiger partial charge in [0.25, 0.3) is 0 Å². The Kier molecular flexibility index (Phi) is 6.37. The molecule has 0 unspecified atom stereocenters. The van der Waals surface area contributed by atoms with Crippen molar-refractivity contribution < 1.29 is 4.39 Å². The maximum Gasteiger partial charge on any atom is 0.229 e. The summed E-state index contributed by atoms with van der Waals surface area (Å²) in [7, 11) is 0. The lowest BCUT2D eigenvalue weighted by molar-refractivity contribution is 0.104. The van der Waals surface area contributed by atoms with Gasteiger partial charge in [0.2, 0.25) is 5.95 Å². The normalized spacial score (nSPS) is 15.2. The van der Waals surface area contributed by atoms with E-state index in [0.29, 0.717) is 22.9 Å². The van der Waals surface area contributed by atoms with Crippen LogP contribution in [0.1, 0.15) is 19.4 Å². The van der Waals surface area contributed by atoms with E-state index < -0.39 is 5.82 Å². The minimum atomic E-state index is -0.505. The maximum absolute atomic E-state index is 14.5. The molecule has 0 atom stereocenters. The first kappa shape index (κ1) is 22.2. The quantitative estimate of drug-likeness (QED) is 0.466. The van der Waals surface area contributed by atoms with Crippen molar-refractivity contribution in [2.24, 2.45) is 0 Å². The SMILES string of the molecule is CC(C)N1CCN(Cc2ccc(Nc3ncc(F)c(-c4ccc5nccnc5c4)n3)nc2)CC1. The van der Waals surface area contributed by atoms with E-state index in [-0.39, 0.29) is 11.6 Å². The molecule has 1 aliphatic rings. The van der Waals surface area contributed by atoms with E-state index in [2.05, 4.69) is 60.0 Å². The zero-order valence-electron chi connectivity index (χ0n) is 19.3. The van der Waals surface area contributed by atoms with Crippen molar-refractivity contribution in [3.63, 3.8) is 0 Å². The number of rotatable bonds is 6. The second-order valence-electron chi connectivity index (χ2n) is 8.73. The van der Waals surface area contributed by atoms with Crippen LogP contribution in [-0.4, -0.2) is 66.9 Å². The molecule has 8 nitrogen and oxygen atoms in total. The summed E-state index contributed by atoms with van der Waals surface area (Å²) in [5, 5.41) is 3.08. The highest BCUT2D eigenvalue weighted by Gasteiger charge is 2.19. The van der Waals surface area contributed by atoms with Gasteiger partial charge in [0.05, 0.1) is 17.2 Å². The molecule has 9 heteroatoms. The number of hydrogen-bond acceptors (Lipinski definition) is 8. The molecule has 1 fully saturated rings. The molecular formula is C25H27FN8.